The summed E-state index contributed by atoms with van der Waals surface area (Å²) in [5.41, 5.74) is -1.13. The number of ether oxygens (including phenoxy) is 1. The molecule has 0 saturated carbocycles. The van der Waals surface area contributed by atoms with Crippen molar-refractivity contribution in [3.63, 3.8) is 0 Å². The molecule has 0 bridgehead atoms. The molecule has 0 spiro atoms. The molecule has 0 saturated heterocycles. The minimum atomic E-state index is -5.00. The molecule has 0 unspecified atom stereocenters. The second-order valence-corrected chi connectivity index (χ2v) is 3.61. The number of carboxylic acid groups (broad SMARTS) is 1. The molecule has 18 heavy (non-hydrogen) atoms. The zero-order valence-electron chi connectivity index (χ0n) is 9.37. The maximum Gasteiger partial charge on any atom is 0.450 e. The summed E-state index contributed by atoms with van der Waals surface area (Å²) >= 11 is 0. The first kappa shape index (κ1) is 14.1. The number of halogens is 3. The first-order chi connectivity index (χ1) is 8.12. The molecule has 1 heterocycles. The summed E-state index contributed by atoms with van der Waals surface area (Å²) in [5, 5.41) is 8.59. The number of carbonyl (C=O) groups excluding carboxylic acids is 1. The van der Waals surface area contributed by atoms with Gasteiger partial charge in [0.05, 0.1) is 6.10 Å². The largest absolute Gasteiger partial charge is 0.478 e. The van der Waals surface area contributed by atoms with Crippen LogP contribution in [0.1, 0.15) is 40.5 Å². The highest BCUT2D eigenvalue weighted by molar-refractivity contribution is 5.94. The lowest BCUT2D eigenvalue weighted by atomic mass is 10.2. The fourth-order valence-corrected chi connectivity index (χ4v) is 1.13. The minimum Gasteiger partial charge on any atom is -0.478 e. The van der Waals surface area contributed by atoms with Crippen LogP contribution in [0, 0.1) is 0 Å². The van der Waals surface area contributed by atoms with Crippen molar-refractivity contribution in [1.29, 1.82) is 0 Å². The van der Waals surface area contributed by atoms with E-state index in [1.54, 1.807) is 0 Å². The molecule has 1 rings (SSSR count). The molecular formula is C10H9F3O5. The average molecular weight is 266 g/mol. The van der Waals surface area contributed by atoms with Crippen molar-refractivity contribution in [2.24, 2.45) is 0 Å². The highest BCUT2D eigenvalue weighted by Gasteiger charge is 2.41. The molecule has 0 aliphatic rings. The van der Waals surface area contributed by atoms with Crippen molar-refractivity contribution >= 4 is 11.9 Å². The third kappa shape index (κ3) is 3.02. The van der Waals surface area contributed by atoms with Crippen LogP contribution in [-0.2, 0) is 10.9 Å². The molecular weight excluding hydrogens is 257 g/mol. The van der Waals surface area contributed by atoms with Crippen LogP contribution in [0.15, 0.2) is 10.5 Å². The summed E-state index contributed by atoms with van der Waals surface area (Å²) < 4.78 is 46.1. The fourth-order valence-electron chi connectivity index (χ4n) is 1.13. The highest BCUT2D eigenvalue weighted by Crippen LogP contribution is 2.34. The molecule has 1 aromatic heterocycles. The van der Waals surface area contributed by atoms with Gasteiger partial charge in [0.15, 0.2) is 0 Å². The predicted octanol–water partition coefficient (Wildman–Crippen LogP) is 2.56. The van der Waals surface area contributed by atoms with Crippen molar-refractivity contribution in [2.75, 3.05) is 0 Å². The number of esters is 1. The Balaban J connectivity index is 3.19. The molecule has 100 valence electrons. The fraction of sp³-hybridized carbons (Fsp3) is 0.400. The van der Waals surface area contributed by atoms with Gasteiger partial charge in [0, 0.05) is 6.07 Å². The monoisotopic (exact) mass is 266 g/mol. The van der Waals surface area contributed by atoms with Crippen molar-refractivity contribution in [2.45, 2.75) is 26.1 Å². The molecule has 0 aromatic carbocycles. The predicted molar refractivity (Wildman–Crippen MR) is 51.2 cm³/mol. The van der Waals surface area contributed by atoms with Crippen LogP contribution in [0.4, 0.5) is 13.2 Å². The third-order valence-corrected chi connectivity index (χ3v) is 1.76. The molecule has 0 amide bonds. The first-order valence-electron chi connectivity index (χ1n) is 4.78. The first-order valence-corrected chi connectivity index (χ1v) is 4.78. The second kappa shape index (κ2) is 4.71. The van der Waals surface area contributed by atoms with Crippen molar-refractivity contribution in [3.05, 3.63) is 23.2 Å². The van der Waals surface area contributed by atoms with Crippen molar-refractivity contribution in [1.82, 2.24) is 0 Å². The lowest BCUT2D eigenvalue weighted by Gasteiger charge is -2.05. The molecule has 0 radical (unpaired) electrons. The van der Waals surface area contributed by atoms with E-state index in [9.17, 15) is 22.8 Å². The van der Waals surface area contributed by atoms with Gasteiger partial charge in [-0.15, -0.1) is 0 Å². The van der Waals surface area contributed by atoms with E-state index < -0.39 is 41.3 Å². The Morgan fingerprint density at radius 3 is 2.28 bits per heavy atom. The number of furan rings is 1. The number of carboxylic acids is 1. The van der Waals surface area contributed by atoms with Crippen LogP contribution in [0.2, 0.25) is 0 Å². The second-order valence-electron chi connectivity index (χ2n) is 3.61. The molecule has 5 nitrogen and oxygen atoms in total. The van der Waals surface area contributed by atoms with E-state index in [0.717, 1.165) is 0 Å². The summed E-state index contributed by atoms with van der Waals surface area (Å²) in [4.78, 5) is 21.9. The van der Waals surface area contributed by atoms with Gasteiger partial charge < -0.3 is 14.3 Å². The molecule has 8 heteroatoms. The lowest BCUT2D eigenvalue weighted by molar-refractivity contribution is -0.153. The molecule has 0 aliphatic heterocycles. The normalized spacial score (nSPS) is 11.7. The SMILES string of the molecule is CC(C)OC(=O)c1cc(C(=O)O)c(C(F)(F)F)o1. The lowest BCUT2D eigenvalue weighted by Crippen LogP contribution is -2.11. The molecule has 1 aromatic rings. The molecule has 0 atom stereocenters. The van der Waals surface area contributed by atoms with Crippen LogP contribution < -0.4 is 0 Å². The standard InChI is InChI=1S/C10H9F3O5/c1-4(2)17-9(16)6-3-5(8(14)15)7(18-6)10(11,12)13/h3-4H,1-2H3,(H,14,15). The number of alkyl halides is 3. The maximum absolute atomic E-state index is 12.4. The zero-order chi connectivity index (χ0) is 14.1. The molecule has 1 N–H and O–H groups in total. The van der Waals surface area contributed by atoms with Crippen LogP contribution in [0.3, 0.4) is 0 Å². The van der Waals surface area contributed by atoms with Gasteiger partial charge in [0.25, 0.3) is 0 Å². The Kier molecular flexibility index (Phi) is 3.68. The number of carbonyl (C=O) groups is 2. The molecule has 0 aliphatic carbocycles. The van der Waals surface area contributed by atoms with E-state index in [1.165, 1.54) is 13.8 Å². The van der Waals surface area contributed by atoms with Gasteiger partial charge in [0.1, 0.15) is 5.56 Å². The van der Waals surface area contributed by atoms with Gasteiger partial charge in [-0.3, -0.25) is 0 Å². The van der Waals surface area contributed by atoms with Gasteiger partial charge in [0.2, 0.25) is 11.5 Å². The van der Waals surface area contributed by atoms with E-state index in [1.807, 2.05) is 0 Å². The summed E-state index contributed by atoms with van der Waals surface area (Å²) in [6.07, 6.45) is -5.56. The third-order valence-electron chi connectivity index (χ3n) is 1.76. The number of rotatable bonds is 3. The number of hydrogen-bond acceptors (Lipinski definition) is 4. The quantitative estimate of drug-likeness (QED) is 0.851. The summed E-state index contributed by atoms with van der Waals surface area (Å²) in [6, 6.07) is 0.496. The topological polar surface area (TPSA) is 76.7 Å². The summed E-state index contributed by atoms with van der Waals surface area (Å²) in [7, 11) is 0. The van der Waals surface area contributed by atoms with Crippen molar-refractivity contribution < 1.29 is 37.0 Å². The molecule has 0 fully saturated rings. The smallest absolute Gasteiger partial charge is 0.450 e. The Labute approximate surface area is 99.1 Å². The zero-order valence-corrected chi connectivity index (χ0v) is 9.37. The van der Waals surface area contributed by atoms with Gasteiger partial charge in [-0.1, -0.05) is 0 Å². The average Bonchev–Trinajstić information content (AvgIpc) is 2.59. The van der Waals surface area contributed by atoms with Gasteiger partial charge in [-0.25, -0.2) is 9.59 Å². The van der Waals surface area contributed by atoms with Crippen molar-refractivity contribution in [3.8, 4) is 0 Å². The Hall–Kier alpha value is -1.99. The van der Waals surface area contributed by atoms with Gasteiger partial charge >= 0.3 is 18.1 Å². The van der Waals surface area contributed by atoms with E-state index in [2.05, 4.69) is 9.15 Å². The van der Waals surface area contributed by atoms with Gasteiger partial charge in [-0.2, -0.15) is 13.2 Å². The van der Waals surface area contributed by atoms with Gasteiger partial charge in [-0.05, 0) is 13.8 Å². The van der Waals surface area contributed by atoms with Crippen LogP contribution in [0.5, 0.6) is 0 Å². The van der Waals surface area contributed by atoms with E-state index in [-0.39, 0.29) is 0 Å². The van der Waals surface area contributed by atoms with E-state index in [4.69, 9.17) is 5.11 Å². The van der Waals surface area contributed by atoms with Crippen LogP contribution in [-0.4, -0.2) is 23.1 Å². The highest BCUT2D eigenvalue weighted by atomic mass is 19.4. The summed E-state index contributed by atoms with van der Waals surface area (Å²) in [6.45, 7) is 2.98. The van der Waals surface area contributed by atoms with Crippen LogP contribution >= 0.6 is 0 Å². The number of aromatic carboxylic acids is 1. The minimum absolute atomic E-state index is 0.496. The summed E-state index contributed by atoms with van der Waals surface area (Å²) in [5.74, 6) is -5.52. The Morgan fingerprint density at radius 1 is 1.39 bits per heavy atom. The Bertz CT molecular complexity index is 472. The number of hydrogen-bond donors (Lipinski definition) is 1. The Morgan fingerprint density at radius 2 is 1.94 bits per heavy atom. The van der Waals surface area contributed by atoms with Crippen LogP contribution in [0.25, 0.3) is 0 Å². The maximum atomic E-state index is 12.4. The van der Waals surface area contributed by atoms with E-state index in [0.29, 0.717) is 6.07 Å². The van der Waals surface area contributed by atoms with E-state index >= 15 is 0 Å².